The van der Waals surface area contributed by atoms with Gasteiger partial charge in [0, 0.05) is 60.1 Å². The first-order valence-corrected chi connectivity index (χ1v) is 19.5. The molecular weight excluding hydrogens is 748 g/mol. The van der Waals surface area contributed by atoms with Crippen molar-refractivity contribution in [1.29, 1.82) is 0 Å². The highest BCUT2D eigenvalue weighted by Gasteiger charge is 2.08. The first kappa shape index (κ1) is 55.2. The van der Waals surface area contributed by atoms with Crippen LogP contribution in [0.4, 0.5) is 0 Å². The van der Waals surface area contributed by atoms with E-state index in [-0.39, 0.29) is 53.6 Å². The van der Waals surface area contributed by atoms with E-state index in [9.17, 15) is 5.11 Å². The molecule has 0 aromatic rings. The lowest BCUT2D eigenvalue weighted by Crippen LogP contribution is -2.34. The Balaban J connectivity index is 3.97. The van der Waals surface area contributed by atoms with Crippen molar-refractivity contribution in [2.24, 2.45) is 0 Å². The predicted octanol–water partition coefficient (Wildman–Crippen LogP) is -1.34. The molecule has 56 heavy (non-hydrogen) atoms. The summed E-state index contributed by atoms with van der Waals surface area (Å²) in [7, 11) is 3.25. The Bertz CT molecular complexity index is 691. The van der Waals surface area contributed by atoms with Crippen molar-refractivity contribution in [2.45, 2.75) is 12.5 Å². The van der Waals surface area contributed by atoms with Crippen LogP contribution in [0.15, 0.2) is 0 Å². The predicted molar refractivity (Wildman–Crippen MR) is 203 cm³/mol. The highest BCUT2D eigenvalue weighted by atomic mass is 16.7. The second-order valence-electron chi connectivity index (χ2n) is 11.8. The van der Waals surface area contributed by atoms with Crippen molar-refractivity contribution < 1.29 is 86.4 Å². The van der Waals surface area contributed by atoms with Crippen LogP contribution in [0.5, 0.6) is 0 Å². The summed E-state index contributed by atoms with van der Waals surface area (Å²) in [6.45, 7) is 13.1. The molecule has 20 nitrogen and oxygen atoms in total. The van der Waals surface area contributed by atoms with Crippen LogP contribution in [0.1, 0.15) is 6.42 Å². The third-order valence-corrected chi connectivity index (χ3v) is 7.26. The van der Waals surface area contributed by atoms with E-state index in [1.807, 2.05) is 0 Å². The monoisotopic (exact) mass is 825 g/mol. The summed E-state index contributed by atoms with van der Waals surface area (Å²) in [5, 5.41) is 27.7. The van der Waals surface area contributed by atoms with Crippen LogP contribution in [-0.4, -0.2) is 257 Å². The number of ether oxygens (including phenoxy) is 15. The third kappa shape index (κ3) is 44.3. The molecule has 0 aliphatic heterocycles. The SMILES string of the molecule is COCCOCOCCN(CCOCOCCOC)CCOCOCCOCC(O)COCCOCCN(CCOCCOCCO)CCOCOCCCO. The smallest absolute Gasteiger partial charge is 0.146 e. The van der Waals surface area contributed by atoms with Crippen molar-refractivity contribution in [3.8, 4) is 0 Å². The number of aliphatic hydroxyl groups excluding tert-OH is 3. The molecule has 3 N–H and O–H groups in total. The van der Waals surface area contributed by atoms with Crippen LogP contribution in [0.2, 0.25) is 0 Å². The molecule has 1 unspecified atom stereocenters. The Morgan fingerprint density at radius 2 is 0.643 bits per heavy atom. The summed E-state index contributed by atoms with van der Waals surface area (Å²) >= 11 is 0. The molecule has 0 bridgehead atoms. The molecule has 0 amide bonds. The Morgan fingerprint density at radius 1 is 0.339 bits per heavy atom. The number of hydrogen-bond acceptors (Lipinski definition) is 20. The second-order valence-corrected chi connectivity index (χ2v) is 11.8. The minimum atomic E-state index is -0.767. The van der Waals surface area contributed by atoms with Crippen molar-refractivity contribution in [3.63, 3.8) is 0 Å². The van der Waals surface area contributed by atoms with Crippen LogP contribution in [0, 0.1) is 0 Å². The maximum Gasteiger partial charge on any atom is 0.146 e. The summed E-state index contributed by atoms with van der Waals surface area (Å²) in [4.78, 5) is 4.33. The fourth-order valence-corrected chi connectivity index (χ4v) is 4.20. The van der Waals surface area contributed by atoms with Crippen molar-refractivity contribution in [2.75, 3.05) is 226 Å². The van der Waals surface area contributed by atoms with E-state index in [4.69, 9.17) is 81.3 Å². The maximum absolute atomic E-state index is 10.2. The summed E-state index contributed by atoms with van der Waals surface area (Å²) in [6, 6.07) is 0. The molecular formula is C36H76N2O18. The highest BCUT2D eigenvalue weighted by Crippen LogP contribution is 1.96. The fourth-order valence-electron chi connectivity index (χ4n) is 4.20. The molecule has 0 fully saturated rings. The average molecular weight is 825 g/mol. The Morgan fingerprint density at radius 3 is 1.02 bits per heavy atom. The van der Waals surface area contributed by atoms with Crippen LogP contribution >= 0.6 is 0 Å². The zero-order chi connectivity index (χ0) is 40.7. The summed E-state index contributed by atoms with van der Waals surface area (Å²) < 4.78 is 81.1. The first-order valence-electron chi connectivity index (χ1n) is 19.5. The molecule has 0 aromatic carbocycles. The molecule has 0 aromatic heterocycles. The van der Waals surface area contributed by atoms with Crippen LogP contribution in [0.3, 0.4) is 0 Å². The van der Waals surface area contributed by atoms with Crippen molar-refractivity contribution >= 4 is 0 Å². The summed E-state index contributed by atoms with van der Waals surface area (Å²) in [5.74, 6) is 0. The van der Waals surface area contributed by atoms with Gasteiger partial charge >= 0.3 is 0 Å². The van der Waals surface area contributed by atoms with E-state index in [1.54, 1.807) is 14.2 Å². The van der Waals surface area contributed by atoms with Gasteiger partial charge < -0.3 is 86.4 Å². The zero-order valence-electron chi connectivity index (χ0n) is 34.3. The van der Waals surface area contributed by atoms with E-state index >= 15 is 0 Å². The summed E-state index contributed by atoms with van der Waals surface area (Å²) in [6.07, 6.45) is -0.190. The minimum absolute atomic E-state index is 0.00924. The number of nitrogens with zero attached hydrogens (tertiary/aromatic N) is 2. The Kier molecular flexibility index (Phi) is 47.9. The maximum atomic E-state index is 10.2. The van der Waals surface area contributed by atoms with Crippen LogP contribution < -0.4 is 0 Å². The van der Waals surface area contributed by atoms with Crippen molar-refractivity contribution in [1.82, 2.24) is 9.80 Å². The van der Waals surface area contributed by atoms with Gasteiger partial charge in [-0.25, -0.2) is 0 Å². The van der Waals surface area contributed by atoms with E-state index in [2.05, 4.69) is 9.80 Å². The Hall–Kier alpha value is -0.800. The lowest BCUT2D eigenvalue weighted by molar-refractivity contribution is -0.0905. The van der Waals surface area contributed by atoms with Gasteiger partial charge in [0.2, 0.25) is 0 Å². The minimum Gasteiger partial charge on any atom is -0.396 e. The summed E-state index contributed by atoms with van der Waals surface area (Å²) in [5.41, 5.74) is 0. The van der Waals surface area contributed by atoms with Gasteiger partial charge in [-0.15, -0.1) is 0 Å². The zero-order valence-corrected chi connectivity index (χ0v) is 34.3. The lowest BCUT2D eigenvalue weighted by atomic mass is 10.4. The molecule has 338 valence electrons. The number of hydrogen-bond donors (Lipinski definition) is 3. The van der Waals surface area contributed by atoms with E-state index in [0.29, 0.717) is 165 Å². The highest BCUT2D eigenvalue weighted by molar-refractivity contribution is 4.58. The Labute approximate surface area is 334 Å². The van der Waals surface area contributed by atoms with Gasteiger partial charge in [0.15, 0.2) is 0 Å². The molecule has 0 heterocycles. The van der Waals surface area contributed by atoms with E-state index in [1.165, 1.54) is 0 Å². The van der Waals surface area contributed by atoms with Crippen LogP contribution in [0.25, 0.3) is 0 Å². The average Bonchev–Trinajstić information content (AvgIpc) is 3.20. The van der Waals surface area contributed by atoms with Crippen LogP contribution in [-0.2, 0) is 71.1 Å². The largest absolute Gasteiger partial charge is 0.396 e. The topological polar surface area (TPSA) is 206 Å². The van der Waals surface area contributed by atoms with E-state index in [0.717, 1.165) is 0 Å². The molecule has 0 radical (unpaired) electrons. The van der Waals surface area contributed by atoms with Crippen molar-refractivity contribution in [3.05, 3.63) is 0 Å². The van der Waals surface area contributed by atoms with Gasteiger partial charge in [-0.2, -0.15) is 0 Å². The molecule has 20 heteroatoms. The molecule has 0 saturated heterocycles. The third-order valence-electron chi connectivity index (χ3n) is 7.26. The second kappa shape index (κ2) is 48.6. The fraction of sp³-hybridized carbons (Fsp3) is 1.00. The number of aliphatic hydroxyl groups is 3. The molecule has 0 rings (SSSR count). The van der Waals surface area contributed by atoms with Gasteiger partial charge in [0.25, 0.3) is 0 Å². The molecule has 0 saturated carbocycles. The normalized spacial score (nSPS) is 12.5. The number of rotatable bonds is 50. The molecule has 0 aliphatic carbocycles. The molecule has 1 atom stereocenters. The lowest BCUT2D eigenvalue weighted by Gasteiger charge is -2.22. The van der Waals surface area contributed by atoms with Gasteiger partial charge in [-0.1, -0.05) is 0 Å². The molecule has 0 aliphatic rings. The quantitative estimate of drug-likeness (QED) is 0.0480. The van der Waals surface area contributed by atoms with Gasteiger partial charge in [-0.05, 0) is 6.42 Å². The molecule has 0 spiro atoms. The van der Waals surface area contributed by atoms with Gasteiger partial charge in [-0.3, -0.25) is 9.80 Å². The number of methoxy groups -OCH3 is 2. The van der Waals surface area contributed by atoms with E-state index < -0.39 is 6.10 Å². The van der Waals surface area contributed by atoms with Gasteiger partial charge in [0.05, 0.1) is 139 Å². The first-order chi connectivity index (χ1) is 27.7. The van der Waals surface area contributed by atoms with Gasteiger partial charge in [0.1, 0.15) is 33.3 Å². The standard InChI is InChI=1S/C36H76N2O18/c1-42-20-22-54-33-51-16-7-38(8-17-52-34-55-23-21-43-2)9-18-53-35-56-29-28-48-31-36(41)30-47-27-26-45-14-5-37(4-13-44-24-25-46-19-11-40)6-15-50-32-49-12-3-10-39/h36,39-41H,3-35H2,1-2H3.